The Balaban J connectivity index is 0.00000259. The van der Waals surface area contributed by atoms with Gasteiger partial charge in [0.1, 0.15) is 0 Å². The topological polar surface area (TPSA) is 14.1 Å². The van der Waals surface area contributed by atoms with Gasteiger partial charge in [-0.3, -0.25) is 0 Å². The second kappa shape index (κ2) is 8.97. The number of hydrogen-bond donors (Lipinski definition) is 0. The van der Waals surface area contributed by atoms with E-state index in [-0.39, 0.29) is 33.2 Å². The van der Waals surface area contributed by atoms with Crippen LogP contribution in [0.1, 0.15) is 58.7 Å². The van der Waals surface area contributed by atoms with Crippen molar-refractivity contribution in [1.29, 1.82) is 0 Å². The molecule has 0 aromatic heterocycles. The molecule has 0 bridgehead atoms. The van der Waals surface area contributed by atoms with Crippen molar-refractivity contribution < 1.29 is 21.7 Å². The van der Waals surface area contributed by atoms with Crippen LogP contribution in [-0.2, 0) is 27.3 Å². The van der Waals surface area contributed by atoms with Gasteiger partial charge in [0.2, 0.25) is 0 Å². The molecule has 5 rings (SSSR count). The summed E-state index contributed by atoms with van der Waals surface area (Å²) >= 11 is 0. The first-order valence-corrected chi connectivity index (χ1v) is 11.4. The number of hydrogen-bond acceptors (Lipinski definition) is 0. The summed E-state index contributed by atoms with van der Waals surface area (Å²) in [6, 6.07) is 31.0. The smallest absolute Gasteiger partial charge is 0.0354 e. The van der Waals surface area contributed by atoms with Crippen LogP contribution < -0.4 is 0 Å². The van der Waals surface area contributed by atoms with Crippen LogP contribution in [0.4, 0.5) is 5.69 Å². The molecule has 0 spiro atoms. The Morgan fingerprint density at radius 3 is 1.64 bits per heavy atom. The monoisotopic (exact) mass is 464 g/mol. The van der Waals surface area contributed by atoms with Crippen LogP contribution in [0.5, 0.6) is 0 Å². The van der Waals surface area contributed by atoms with Gasteiger partial charge in [0.05, 0.1) is 0 Å². The van der Waals surface area contributed by atoms with E-state index in [4.69, 9.17) is 5.32 Å². The van der Waals surface area contributed by atoms with Gasteiger partial charge >= 0.3 is 0 Å². The third kappa shape index (κ3) is 4.10. The Bertz CT molecular complexity index is 1250. The van der Waals surface area contributed by atoms with Gasteiger partial charge in [-0.2, -0.15) is 0 Å². The first-order chi connectivity index (χ1) is 15.4. The molecule has 0 fully saturated rings. The van der Waals surface area contributed by atoms with Crippen LogP contribution in [0, 0.1) is 20.8 Å². The largest absolute Gasteiger partial charge is 0.675 e. The quantitative estimate of drug-likeness (QED) is 0.236. The molecule has 164 valence electrons. The first kappa shape index (κ1) is 23.5. The third-order valence-corrected chi connectivity index (χ3v) is 6.79. The molecule has 0 saturated carbocycles. The fourth-order valence-electron chi connectivity index (χ4n) is 5.49. The minimum atomic E-state index is -0.353. The van der Waals surface area contributed by atoms with E-state index < -0.39 is 0 Å². The van der Waals surface area contributed by atoms with Gasteiger partial charge in [0, 0.05) is 27.6 Å². The van der Waals surface area contributed by atoms with E-state index in [1.165, 1.54) is 50.1 Å². The van der Waals surface area contributed by atoms with E-state index in [1.54, 1.807) is 0 Å². The summed E-state index contributed by atoms with van der Waals surface area (Å²) in [4.78, 5) is 0. The summed E-state index contributed by atoms with van der Waals surface area (Å²) in [6.07, 6.45) is 0. The zero-order valence-electron chi connectivity index (χ0n) is 20.1. The molecule has 4 aromatic carbocycles. The number of nitrogens with zero attached hydrogens (tertiary/aromatic N) is 1. The van der Waals surface area contributed by atoms with Crippen LogP contribution in [0.3, 0.4) is 0 Å². The minimum absolute atomic E-state index is 0. The van der Waals surface area contributed by atoms with Gasteiger partial charge in [-0.1, -0.05) is 127 Å². The van der Waals surface area contributed by atoms with E-state index in [0.717, 1.165) is 5.69 Å². The summed E-state index contributed by atoms with van der Waals surface area (Å²) in [5.41, 5.74) is 12.6. The van der Waals surface area contributed by atoms with E-state index >= 15 is 0 Å². The Morgan fingerprint density at radius 2 is 1.09 bits per heavy atom. The minimum Gasteiger partial charge on any atom is -0.675 e. The molecule has 1 aliphatic rings. The van der Waals surface area contributed by atoms with Crippen molar-refractivity contribution in [1.82, 2.24) is 0 Å². The molecule has 0 saturated heterocycles. The Labute approximate surface area is 213 Å². The van der Waals surface area contributed by atoms with Gasteiger partial charge < -0.3 is 5.32 Å². The molecular formula is C31H30NTi-. The summed E-state index contributed by atoms with van der Waals surface area (Å²) in [5.74, 6) is 0.230. The molecule has 0 unspecified atom stereocenters. The second-order valence-electron chi connectivity index (χ2n) is 9.61. The van der Waals surface area contributed by atoms with Crippen molar-refractivity contribution in [2.24, 2.45) is 0 Å². The molecule has 0 atom stereocenters. The maximum absolute atomic E-state index is 5.35. The van der Waals surface area contributed by atoms with E-state index in [0.29, 0.717) is 0 Å². The average Bonchev–Trinajstić information content (AvgIpc) is 3.11. The van der Waals surface area contributed by atoms with Crippen molar-refractivity contribution in [3.05, 3.63) is 129 Å². The fraction of sp³-hybridized carbons (Fsp3) is 0.226. The van der Waals surface area contributed by atoms with Crippen molar-refractivity contribution >= 4 is 5.69 Å². The zero-order valence-corrected chi connectivity index (χ0v) is 21.7. The number of benzene rings is 4. The normalized spacial score (nSPS) is 12.6. The molecule has 1 aliphatic carbocycles. The van der Waals surface area contributed by atoms with E-state index in [9.17, 15) is 0 Å². The molecule has 0 radical (unpaired) electrons. The van der Waals surface area contributed by atoms with Gasteiger partial charge in [0.25, 0.3) is 0 Å². The second-order valence-corrected chi connectivity index (χ2v) is 9.61. The predicted molar refractivity (Wildman–Crippen MR) is 136 cm³/mol. The van der Waals surface area contributed by atoms with Crippen molar-refractivity contribution in [3.8, 4) is 11.1 Å². The molecule has 0 heterocycles. The molecule has 0 amide bonds. The van der Waals surface area contributed by atoms with E-state index in [1.807, 2.05) is 0 Å². The van der Waals surface area contributed by atoms with Crippen molar-refractivity contribution in [3.63, 3.8) is 0 Å². The molecule has 33 heavy (non-hydrogen) atoms. The van der Waals surface area contributed by atoms with E-state index in [2.05, 4.69) is 120 Å². The predicted octanol–water partition coefficient (Wildman–Crippen LogP) is 8.71. The molecule has 4 aromatic rings. The summed E-state index contributed by atoms with van der Waals surface area (Å²) in [7, 11) is 0. The average molecular weight is 464 g/mol. The summed E-state index contributed by atoms with van der Waals surface area (Å²) < 4.78 is 0. The molecule has 0 N–H and O–H groups in total. The Morgan fingerprint density at radius 1 is 0.636 bits per heavy atom. The number of fused-ring (bicyclic) bond motifs is 3. The Hall–Kier alpha value is -2.61. The standard InChI is InChI=1S/C31H30N.Ti/c1-20-18-21(2)30(22(3)19-20)32-31(4,5)28-17-11-10-16-27(28)29-25-14-8-6-12-23(25)24-13-7-9-15-26(24)29;/h6-19,29H,1-5H3;/q-1;. The Kier molecular flexibility index (Phi) is 6.40. The fourth-order valence-corrected chi connectivity index (χ4v) is 5.49. The summed E-state index contributed by atoms with van der Waals surface area (Å²) in [5, 5.41) is 5.35. The number of rotatable bonds is 4. The maximum Gasteiger partial charge on any atom is 0.0354 e. The van der Waals surface area contributed by atoms with Crippen LogP contribution in [0.25, 0.3) is 16.4 Å². The molecule has 2 heteroatoms. The first-order valence-electron chi connectivity index (χ1n) is 11.4. The van der Waals surface area contributed by atoms with Gasteiger partial charge in [-0.05, 0) is 48.6 Å². The van der Waals surface area contributed by atoms with Crippen molar-refractivity contribution in [2.45, 2.75) is 46.1 Å². The van der Waals surface area contributed by atoms with Crippen LogP contribution in [0.15, 0.2) is 84.9 Å². The molecule has 0 aliphatic heterocycles. The van der Waals surface area contributed by atoms with Crippen molar-refractivity contribution in [2.75, 3.05) is 0 Å². The molecule has 1 nitrogen and oxygen atoms in total. The van der Waals surface area contributed by atoms with Crippen LogP contribution in [-0.4, -0.2) is 0 Å². The SMILES string of the molecule is Cc1cc(C)c([N-]C(C)(C)c2ccccc2C2c3ccccc3-c3ccccc32)c(C)c1.[Ti]. The van der Waals surface area contributed by atoms with Gasteiger partial charge in [-0.15, -0.1) is 5.69 Å². The maximum atomic E-state index is 5.35. The van der Waals surface area contributed by atoms with Crippen LogP contribution in [0.2, 0.25) is 0 Å². The zero-order chi connectivity index (χ0) is 22.5. The van der Waals surface area contributed by atoms with Gasteiger partial charge in [0.15, 0.2) is 0 Å². The van der Waals surface area contributed by atoms with Crippen LogP contribution >= 0.6 is 0 Å². The molecular weight excluding hydrogens is 434 g/mol. The van der Waals surface area contributed by atoms with Gasteiger partial charge in [-0.25, -0.2) is 0 Å². The third-order valence-electron chi connectivity index (χ3n) is 6.79. The number of aryl methyl sites for hydroxylation is 3. The summed E-state index contributed by atoms with van der Waals surface area (Å²) in [6.45, 7) is 11.0.